The Bertz CT molecular complexity index is 972. The van der Waals surface area contributed by atoms with Crippen molar-refractivity contribution in [2.75, 3.05) is 26.3 Å². The van der Waals surface area contributed by atoms with E-state index in [9.17, 15) is 13.2 Å². The van der Waals surface area contributed by atoms with Gasteiger partial charge in [0.05, 0.1) is 23.2 Å². The lowest BCUT2D eigenvalue weighted by Gasteiger charge is -2.30. The summed E-state index contributed by atoms with van der Waals surface area (Å²) < 4.78 is 37.9. The van der Waals surface area contributed by atoms with Gasteiger partial charge in [0.15, 0.2) is 0 Å². The van der Waals surface area contributed by atoms with Crippen molar-refractivity contribution in [1.29, 1.82) is 0 Å². The third-order valence-corrected chi connectivity index (χ3v) is 7.69. The summed E-state index contributed by atoms with van der Waals surface area (Å²) in [5.74, 6) is -0.0355. The highest BCUT2D eigenvalue weighted by Gasteiger charge is 2.31. The topological polar surface area (TPSA) is 102 Å². The first-order valence-corrected chi connectivity index (χ1v) is 11.8. The lowest BCUT2D eigenvalue weighted by Crippen LogP contribution is -2.40. The lowest BCUT2D eigenvalue weighted by molar-refractivity contribution is 0.0608. The number of ether oxygens (including phenoxy) is 1. The van der Waals surface area contributed by atoms with Crippen LogP contribution in [0.3, 0.4) is 0 Å². The SMILES string of the molecule is Cc1ccc(S(=O)(=O)N2CCC(c3cc(C(=O)N[C@H]4CCCOC4)on3)CC2)cc1. The Morgan fingerprint density at radius 3 is 2.57 bits per heavy atom. The Kier molecular flexibility index (Phi) is 6.21. The standard InChI is InChI=1S/C21H27N3O5S/c1-15-4-6-18(7-5-15)30(26,27)24-10-8-16(9-11-24)19-13-20(29-23-19)21(25)22-17-3-2-12-28-14-17/h4-7,13,16-17H,2-3,8-12,14H2,1H3,(H,22,25)/t17-/m0/s1. The third-order valence-electron chi connectivity index (χ3n) is 5.78. The van der Waals surface area contributed by atoms with Gasteiger partial charge in [-0.15, -0.1) is 0 Å². The summed E-state index contributed by atoms with van der Waals surface area (Å²) in [6.45, 7) is 4.00. The molecule has 30 heavy (non-hydrogen) atoms. The van der Waals surface area contributed by atoms with Crippen molar-refractivity contribution in [3.05, 3.63) is 47.3 Å². The number of aryl methyl sites for hydroxylation is 1. The molecular formula is C21H27N3O5S. The van der Waals surface area contributed by atoms with Crippen molar-refractivity contribution >= 4 is 15.9 Å². The predicted molar refractivity (Wildman–Crippen MR) is 110 cm³/mol. The molecule has 2 aliphatic heterocycles. The Morgan fingerprint density at radius 1 is 1.17 bits per heavy atom. The molecule has 4 rings (SSSR count). The minimum absolute atomic E-state index is 0.00461. The van der Waals surface area contributed by atoms with Gasteiger partial charge in [0.1, 0.15) is 0 Å². The highest BCUT2D eigenvalue weighted by Crippen LogP contribution is 2.30. The summed E-state index contributed by atoms with van der Waals surface area (Å²) in [6.07, 6.45) is 3.08. The highest BCUT2D eigenvalue weighted by molar-refractivity contribution is 7.89. The zero-order chi connectivity index (χ0) is 21.1. The van der Waals surface area contributed by atoms with Crippen LogP contribution >= 0.6 is 0 Å². The van der Waals surface area contributed by atoms with Gasteiger partial charge in [-0.1, -0.05) is 22.9 Å². The number of sulfonamides is 1. The summed E-state index contributed by atoms with van der Waals surface area (Å²) in [5.41, 5.74) is 1.72. The number of rotatable bonds is 5. The second kappa shape index (κ2) is 8.87. The van der Waals surface area contributed by atoms with Crippen LogP contribution in [0.2, 0.25) is 0 Å². The van der Waals surface area contributed by atoms with Crippen LogP contribution in [0.1, 0.15) is 53.4 Å². The Morgan fingerprint density at radius 2 is 1.90 bits per heavy atom. The van der Waals surface area contributed by atoms with Crippen LogP contribution in [-0.4, -0.2) is 56.1 Å². The zero-order valence-corrected chi connectivity index (χ0v) is 17.9. The molecular weight excluding hydrogens is 406 g/mol. The maximum absolute atomic E-state index is 12.9. The molecule has 0 aliphatic carbocycles. The zero-order valence-electron chi connectivity index (χ0n) is 17.0. The Balaban J connectivity index is 1.35. The van der Waals surface area contributed by atoms with Gasteiger partial charge >= 0.3 is 0 Å². The van der Waals surface area contributed by atoms with Gasteiger partial charge in [-0.05, 0) is 44.7 Å². The number of amides is 1. The average molecular weight is 434 g/mol. The van der Waals surface area contributed by atoms with Crippen molar-refractivity contribution in [3.63, 3.8) is 0 Å². The monoisotopic (exact) mass is 433 g/mol. The van der Waals surface area contributed by atoms with E-state index >= 15 is 0 Å². The van der Waals surface area contributed by atoms with Crippen molar-refractivity contribution < 1.29 is 22.5 Å². The fraction of sp³-hybridized carbons (Fsp3) is 0.524. The van der Waals surface area contributed by atoms with Crippen LogP contribution in [-0.2, 0) is 14.8 Å². The molecule has 0 radical (unpaired) electrons. The molecule has 0 unspecified atom stereocenters. The van der Waals surface area contributed by atoms with E-state index in [1.165, 1.54) is 4.31 Å². The molecule has 1 amide bonds. The van der Waals surface area contributed by atoms with E-state index in [-0.39, 0.29) is 23.6 Å². The van der Waals surface area contributed by atoms with Gasteiger partial charge < -0.3 is 14.6 Å². The number of nitrogens with one attached hydrogen (secondary N) is 1. The van der Waals surface area contributed by atoms with Crippen LogP contribution in [0, 0.1) is 6.92 Å². The number of benzene rings is 1. The molecule has 1 atom stereocenters. The van der Waals surface area contributed by atoms with Gasteiger partial charge in [0.2, 0.25) is 15.8 Å². The normalized spacial score (nSPS) is 21.4. The maximum Gasteiger partial charge on any atom is 0.290 e. The first-order chi connectivity index (χ1) is 14.4. The molecule has 162 valence electrons. The summed E-state index contributed by atoms with van der Waals surface area (Å²) >= 11 is 0. The highest BCUT2D eigenvalue weighted by atomic mass is 32.2. The van der Waals surface area contributed by atoms with Crippen LogP contribution in [0.15, 0.2) is 39.8 Å². The van der Waals surface area contributed by atoms with Crippen LogP contribution in [0.25, 0.3) is 0 Å². The predicted octanol–water partition coefficient (Wildman–Crippen LogP) is 2.46. The summed E-state index contributed by atoms with van der Waals surface area (Å²) in [5, 5.41) is 6.99. The molecule has 2 aliphatic rings. The van der Waals surface area contributed by atoms with Crippen LogP contribution in [0.4, 0.5) is 0 Å². The van der Waals surface area contributed by atoms with Gasteiger partial charge in [0, 0.05) is 31.7 Å². The number of piperidine rings is 1. The molecule has 1 aromatic carbocycles. The first kappa shape index (κ1) is 21.0. The van der Waals surface area contributed by atoms with E-state index in [0.717, 1.165) is 25.0 Å². The van der Waals surface area contributed by atoms with E-state index in [1.807, 2.05) is 6.92 Å². The fourth-order valence-corrected chi connectivity index (χ4v) is 5.42. The van der Waals surface area contributed by atoms with E-state index < -0.39 is 10.0 Å². The first-order valence-electron chi connectivity index (χ1n) is 10.4. The molecule has 2 saturated heterocycles. The average Bonchev–Trinajstić information content (AvgIpc) is 3.25. The lowest BCUT2D eigenvalue weighted by atomic mass is 9.94. The second-order valence-corrected chi connectivity index (χ2v) is 9.93. The van der Waals surface area contributed by atoms with E-state index in [4.69, 9.17) is 9.26 Å². The largest absolute Gasteiger partial charge is 0.379 e. The summed E-state index contributed by atoms with van der Waals surface area (Å²) in [7, 11) is -3.50. The van der Waals surface area contributed by atoms with Crippen LogP contribution in [0.5, 0.6) is 0 Å². The smallest absolute Gasteiger partial charge is 0.290 e. The quantitative estimate of drug-likeness (QED) is 0.777. The number of carbonyl (C=O) groups excluding carboxylic acids is 1. The van der Waals surface area contributed by atoms with Crippen molar-refractivity contribution in [3.8, 4) is 0 Å². The second-order valence-electron chi connectivity index (χ2n) is 7.99. The third kappa shape index (κ3) is 4.58. The molecule has 1 aromatic heterocycles. The summed E-state index contributed by atoms with van der Waals surface area (Å²) in [6, 6.07) is 8.58. The van der Waals surface area contributed by atoms with Crippen LogP contribution < -0.4 is 5.32 Å². The summed E-state index contributed by atoms with van der Waals surface area (Å²) in [4.78, 5) is 12.7. The molecule has 2 aromatic rings. The number of nitrogens with zero attached hydrogens (tertiary/aromatic N) is 2. The van der Waals surface area contributed by atoms with Crippen molar-refractivity contribution in [1.82, 2.24) is 14.8 Å². The fourth-order valence-electron chi connectivity index (χ4n) is 3.95. The van der Waals surface area contributed by atoms with Crippen molar-refractivity contribution in [2.45, 2.75) is 49.5 Å². The molecule has 0 bridgehead atoms. The molecule has 9 heteroatoms. The maximum atomic E-state index is 12.9. The molecule has 8 nitrogen and oxygen atoms in total. The number of hydrogen-bond acceptors (Lipinski definition) is 6. The number of hydrogen-bond donors (Lipinski definition) is 1. The minimum Gasteiger partial charge on any atom is -0.379 e. The van der Waals surface area contributed by atoms with Gasteiger partial charge in [-0.25, -0.2) is 8.42 Å². The van der Waals surface area contributed by atoms with Crippen molar-refractivity contribution in [2.24, 2.45) is 0 Å². The molecule has 0 saturated carbocycles. The minimum atomic E-state index is -3.50. The Labute approximate surface area is 176 Å². The van der Waals surface area contributed by atoms with Gasteiger partial charge in [-0.2, -0.15) is 4.31 Å². The molecule has 3 heterocycles. The van der Waals surface area contributed by atoms with E-state index in [2.05, 4.69) is 10.5 Å². The number of aromatic nitrogens is 1. The van der Waals surface area contributed by atoms with Gasteiger partial charge in [0.25, 0.3) is 5.91 Å². The molecule has 0 spiro atoms. The number of carbonyl (C=O) groups is 1. The van der Waals surface area contributed by atoms with E-state index in [1.54, 1.807) is 30.3 Å². The Hall–Kier alpha value is -2.23. The molecule has 1 N–H and O–H groups in total. The van der Waals surface area contributed by atoms with E-state index in [0.29, 0.717) is 43.1 Å². The molecule has 2 fully saturated rings. The van der Waals surface area contributed by atoms with Gasteiger partial charge in [-0.3, -0.25) is 4.79 Å².